The summed E-state index contributed by atoms with van der Waals surface area (Å²) in [5.74, 6) is 0.832. The second-order valence-electron chi connectivity index (χ2n) is 3.69. The van der Waals surface area contributed by atoms with Crippen molar-refractivity contribution in [3.8, 4) is 5.75 Å². The molecule has 0 aliphatic heterocycles. The van der Waals surface area contributed by atoms with Crippen LogP contribution in [-0.2, 0) is 6.42 Å². The van der Waals surface area contributed by atoms with E-state index < -0.39 is 0 Å². The molecular weight excluding hydrogens is 234 g/mol. The van der Waals surface area contributed by atoms with Crippen molar-refractivity contribution < 1.29 is 4.74 Å². The van der Waals surface area contributed by atoms with Crippen molar-refractivity contribution in [2.45, 2.75) is 19.4 Å². The van der Waals surface area contributed by atoms with E-state index in [-0.39, 0.29) is 6.04 Å². The zero-order valence-corrected chi connectivity index (χ0v) is 10.7. The number of aromatic nitrogens is 2. The van der Waals surface area contributed by atoms with Gasteiger partial charge in [0.05, 0.1) is 23.7 Å². The molecule has 1 aromatic carbocycles. The molecule has 4 nitrogen and oxygen atoms in total. The average molecular weight is 249 g/mol. The Hall–Kier alpha value is -1.46. The Bertz CT molecular complexity index is 481. The largest absolute Gasteiger partial charge is 0.497 e. The van der Waals surface area contributed by atoms with Gasteiger partial charge in [0, 0.05) is 0 Å². The molecule has 5 heteroatoms. The first-order valence-corrected chi connectivity index (χ1v) is 6.24. The summed E-state index contributed by atoms with van der Waals surface area (Å²) in [7, 11) is 1.65. The first-order valence-electron chi connectivity index (χ1n) is 5.47. The summed E-state index contributed by atoms with van der Waals surface area (Å²) in [5, 5.41) is 4.08. The van der Waals surface area contributed by atoms with Crippen LogP contribution in [0.25, 0.3) is 0 Å². The van der Waals surface area contributed by atoms with Gasteiger partial charge in [-0.15, -0.1) is 5.10 Å². The predicted octanol–water partition coefficient (Wildman–Crippen LogP) is 2.16. The van der Waals surface area contributed by atoms with Crippen LogP contribution in [0.2, 0.25) is 0 Å². The lowest BCUT2D eigenvalue weighted by Crippen LogP contribution is -2.12. The fourth-order valence-electron chi connectivity index (χ4n) is 1.66. The number of methoxy groups -OCH3 is 1. The van der Waals surface area contributed by atoms with E-state index in [0.717, 1.165) is 28.3 Å². The van der Waals surface area contributed by atoms with Crippen LogP contribution in [-0.4, -0.2) is 16.7 Å². The SMILES string of the molecule is CCc1nnsc1C(N)c1ccc(OC)cc1. The van der Waals surface area contributed by atoms with Crippen LogP contribution in [0.3, 0.4) is 0 Å². The molecule has 0 bridgehead atoms. The van der Waals surface area contributed by atoms with Crippen molar-refractivity contribution >= 4 is 11.5 Å². The molecule has 2 rings (SSSR count). The van der Waals surface area contributed by atoms with Gasteiger partial charge in [-0.05, 0) is 35.6 Å². The van der Waals surface area contributed by atoms with Gasteiger partial charge < -0.3 is 10.5 Å². The maximum atomic E-state index is 6.22. The summed E-state index contributed by atoms with van der Waals surface area (Å²) in [6.45, 7) is 2.06. The zero-order chi connectivity index (χ0) is 12.3. The highest BCUT2D eigenvalue weighted by atomic mass is 32.1. The number of nitrogens with two attached hydrogens (primary N) is 1. The van der Waals surface area contributed by atoms with Gasteiger partial charge >= 0.3 is 0 Å². The fourth-order valence-corrected chi connectivity index (χ4v) is 2.43. The highest BCUT2D eigenvalue weighted by molar-refractivity contribution is 7.05. The first-order chi connectivity index (χ1) is 8.26. The van der Waals surface area contributed by atoms with Crippen molar-refractivity contribution in [2.75, 3.05) is 7.11 Å². The number of hydrogen-bond donors (Lipinski definition) is 1. The highest BCUT2D eigenvalue weighted by Crippen LogP contribution is 2.26. The van der Waals surface area contributed by atoms with Gasteiger partial charge in [0.1, 0.15) is 5.75 Å². The Morgan fingerprint density at radius 3 is 2.65 bits per heavy atom. The third-order valence-corrected chi connectivity index (χ3v) is 3.53. The lowest BCUT2D eigenvalue weighted by Gasteiger charge is -2.11. The second kappa shape index (κ2) is 5.25. The summed E-state index contributed by atoms with van der Waals surface area (Å²) in [6.07, 6.45) is 0.857. The summed E-state index contributed by atoms with van der Waals surface area (Å²) in [5.41, 5.74) is 8.25. The van der Waals surface area contributed by atoms with Crippen LogP contribution in [0.15, 0.2) is 24.3 Å². The van der Waals surface area contributed by atoms with Crippen molar-refractivity contribution in [2.24, 2.45) is 5.73 Å². The topological polar surface area (TPSA) is 61.0 Å². The zero-order valence-electron chi connectivity index (χ0n) is 9.88. The van der Waals surface area contributed by atoms with E-state index in [1.807, 2.05) is 24.3 Å². The highest BCUT2D eigenvalue weighted by Gasteiger charge is 2.16. The van der Waals surface area contributed by atoms with Crippen molar-refractivity contribution in [1.29, 1.82) is 0 Å². The predicted molar refractivity (Wildman–Crippen MR) is 68.3 cm³/mol. The molecule has 1 unspecified atom stereocenters. The Kier molecular flexibility index (Phi) is 3.71. The molecule has 0 aliphatic carbocycles. The van der Waals surface area contributed by atoms with E-state index in [0.29, 0.717) is 0 Å². The maximum absolute atomic E-state index is 6.22. The lowest BCUT2D eigenvalue weighted by atomic mass is 10.0. The summed E-state index contributed by atoms with van der Waals surface area (Å²) < 4.78 is 9.08. The molecule has 17 heavy (non-hydrogen) atoms. The van der Waals surface area contributed by atoms with Gasteiger partial charge in [-0.2, -0.15) is 0 Å². The lowest BCUT2D eigenvalue weighted by molar-refractivity contribution is 0.414. The molecule has 1 heterocycles. The number of benzene rings is 1. The molecule has 2 N–H and O–H groups in total. The molecule has 0 saturated heterocycles. The summed E-state index contributed by atoms with van der Waals surface area (Å²) in [6, 6.07) is 7.62. The number of aryl methyl sites for hydroxylation is 1. The minimum absolute atomic E-state index is 0.157. The Labute approximate surface area is 105 Å². The molecule has 0 saturated carbocycles. The van der Waals surface area contributed by atoms with Crippen LogP contribution in [0.5, 0.6) is 5.75 Å². The Morgan fingerprint density at radius 1 is 1.35 bits per heavy atom. The molecule has 0 aliphatic rings. The quantitative estimate of drug-likeness (QED) is 0.902. The standard InChI is InChI=1S/C12H15N3OS/c1-3-10-12(17-15-14-10)11(13)8-4-6-9(16-2)7-5-8/h4-7,11H,3,13H2,1-2H3. The van der Waals surface area contributed by atoms with Crippen LogP contribution < -0.4 is 10.5 Å². The van der Waals surface area contributed by atoms with Gasteiger partial charge in [-0.25, -0.2) is 0 Å². The average Bonchev–Trinajstić information content (AvgIpc) is 2.86. The number of hydrogen-bond acceptors (Lipinski definition) is 5. The minimum atomic E-state index is -0.157. The smallest absolute Gasteiger partial charge is 0.118 e. The van der Waals surface area contributed by atoms with E-state index in [1.54, 1.807) is 7.11 Å². The Balaban J connectivity index is 2.27. The monoisotopic (exact) mass is 249 g/mol. The summed E-state index contributed by atoms with van der Waals surface area (Å²) in [4.78, 5) is 1.04. The second-order valence-corrected chi connectivity index (χ2v) is 4.47. The van der Waals surface area contributed by atoms with E-state index in [1.165, 1.54) is 11.5 Å². The third-order valence-electron chi connectivity index (χ3n) is 2.68. The molecule has 0 amide bonds. The van der Waals surface area contributed by atoms with Gasteiger partial charge in [-0.1, -0.05) is 23.5 Å². The first kappa shape index (κ1) is 12.0. The normalized spacial score (nSPS) is 12.4. The van der Waals surface area contributed by atoms with E-state index in [9.17, 15) is 0 Å². The van der Waals surface area contributed by atoms with E-state index >= 15 is 0 Å². The van der Waals surface area contributed by atoms with Crippen LogP contribution in [0, 0.1) is 0 Å². The van der Waals surface area contributed by atoms with Crippen molar-refractivity contribution in [3.63, 3.8) is 0 Å². The summed E-state index contributed by atoms with van der Waals surface area (Å²) >= 11 is 1.37. The van der Waals surface area contributed by atoms with Gasteiger partial charge in [0.2, 0.25) is 0 Å². The van der Waals surface area contributed by atoms with Gasteiger partial charge in [0.15, 0.2) is 0 Å². The minimum Gasteiger partial charge on any atom is -0.497 e. The molecule has 0 spiro atoms. The number of rotatable bonds is 4. The van der Waals surface area contributed by atoms with Crippen LogP contribution in [0.4, 0.5) is 0 Å². The van der Waals surface area contributed by atoms with E-state index in [4.69, 9.17) is 10.5 Å². The van der Waals surface area contributed by atoms with E-state index in [2.05, 4.69) is 16.5 Å². The molecule has 1 atom stereocenters. The fraction of sp³-hybridized carbons (Fsp3) is 0.333. The van der Waals surface area contributed by atoms with Crippen LogP contribution in [0.1, 0.15) is 29.1 Å². The molecular formula is C12H15N3OS. The maximum Gasteiger partial charge on any atom is 0.118 e. The molecule has 0 fully saturated rings. The molecule has 1 aromatic heterocycles. The van der Waals surface area contributed by atoms with Gasteiger partial charge in [-0.3, -0.25) is 0 Å². The molecule has 2 aromatic rings. The van der Waals surface area contributed by atoms with Crippen molar-refractivity contribution in [1.82, 2.24) is 9.59 Å². The molecule has 90 valence electrons. The number of ether oxygens (including phenoxy) is 1. The molecule has 0 radical (unpaired) electrons. The van der Waals surface area contributed by atoms with Gasteiger partial charge in [0.25, 0.3) is 0 Å². The third kappa shape index (κ3) is 2.45. The number of nitrogens with zero attached hydrogens (tertiary/aromatic N) is 2. The Morgan fingerprint density at radius 2 is 2.06 bits per heavy atom. The van der Waals surface area contributed by atoms with Crippen molar-refractivity contribution in [3.05, 3.63) is 40.4 Å². The van der Waals surface area contributed by atoms with Crippen LogP contribution >= 0.6 is 11.5 Å².